The van der Waals surface area contributed by atoms with Crippen molar-refractivity contribution in [2.45, 2.75) is 6.54 Å². The van der Waals surface area contributed by atoms with Crippen molar-refractivity contribution in [3.63, 3.8) is 0 Å². The lowest BCUT2D eigenvalue weighted by Gasteiger charge is -2.03. The van der Waals surface area contributed by atoms with E-state index in [1.807, 2.05) is 0 Å². The topological polar surface area (TPSA) is 71.3 Å². The number of aromatic nitrogens is 2. The zero-order chi connectivity index (χ0) is 13.1. The Balaban J connectivity index is 1.95. The Kier molecular flexibility index (Phi) is 3.83. The summed E-state index contributed by atoms with van der Waals surface area (Å²) in [5.41, 5.74) is 0. The van der Waals surface area contributed by atoms with E-state index in [-0.39, 0.29) is 12.5 Å². The van der Waals surface area contributed by atoms with Crippen molar-refractivity contribution in [1.29, 1.82) is 0 Å². The molecule has 0 atom stereocenters. The highest BCUT2D eigenvalue weighted by Gasteiger charge is 2.13. The van der Waals surface area contributed by atoms with Gasteiger partial charge in [0.15, 0.2) is 0 Å². The van der Waals surface area contributed by atoms with Crippen LogP contribution in [0.15, 0.2) is 15.9 Å². The van der Waals surface area contributed by atoms with E-state index < -0.39 is 0 Å². The lowest BCUT2D eigenvalue weighted by Crippen LogP contribution is -2.22. The average molecular weight is 287 g/mol. The van der Waals surface area contributed by atoms with Gasteiger partial charge in [0.2, 0.25) is 5.89 Å². The van der Waals surface area contributed by atoms with Crippen molar-refractivity contribution in [2.75, 3.05) is 19.0 Å². The van der Waals surface area contributed by atoms with Gasteiger partial charge in [-0.2, -0.15) is 0 Å². The smallest absolute Gasteiger partial charge is 0.317 e. The fourth-order valence-electron chi connectivity index (χ4n) is 1.19. The first-order valence-electron chi connectivity index (χ1n) is 5.09. The normalized spacial score (nSPS) is 10.4. The number of rotatable bonds is 4. The van der Waals surface area contributed by atoms with Crippen molar-refractivity contribution in [1.82, 2.24) is 15.5 Å². The SMILES string of the molecule is CN(C)c1nnc(CNC(=O)c2sccc2Cl)o1. The maximum Gasteiger partial charge on any atom is 0.317 e. The van der Waals surface area contributed by atoms with Gasteiger partial charge in [0.25, 0.3) is 5.91 Å². The van der Waals surface area contributed by atoms with Gasteiger partial charge in [-0.3, -0.25) is 4.79 Å². The molecule has 96 valence electrons. The predicted molar refractivity (Wildman–Crippen MR) is 69.1 cm³/mol. The molecular formula is C10H11ClN4O2S. The lowest BCUT2D eigenvalue weighted by atomic mass is 10.4. The minimum Gasteiger partial charge on any atom is -0.406 e. The van der Waals surface area contributed by atoms with Crippen molar-refractivity contribution >= 4 is 34.9 Å². The van der Waals surface area contributed by atoms with E-state index in [1.54, 1.807) is 30.4 Å². The maximum atomic E-state index is 11.8. The van der Waals surface area contributed by atoms with Gasteiger partial charge in [-0.15, -0.1) is 16.4 Å². The highest BCUT2D eigenvalue weighted by molar-refractivity contribution is 7.12. The number of hydrogen-bond donors (Lipinski definition) is 1. The maximum absolute atomic E-state index is 11.8. The molecule has 18 heavy (non-hydrogen) atoms. The summed E-state index contributed by atoms with van der Waals surface area (Å²) in [7, 11) is 3.59. The van der Waals surface area contributed by atoms with Crippen molar-refractivity contribution < 1.29 is 9.21 Å². The Bertz CT molecular complexity index is 552. The van der Waals surface area contributed by atoms with E-state index in [0.29, 0.717) is 21.8 Å². The molecule has 0 radical (unpaired) electrons. The number of thiophene rings is 1. The molecular weight excluding hydrogens is 276 g/mol. The van der Waals surface area contributed by atoms with Gasteiger partial charge in [0.1, 0.15) is 4.88 Å². The van der Waals surface area contributed by atoms with Crippen LogP contribution in [0.3, 0.4) is 0 Å². The first-order chi connectivity index (χ1) is 8.58. The second kappa shape index (κ2) is 5.36. The van der Waals surface area contributed by atoms with E-state index in [4.69, 9.17) is 16.0 Å². The largest absolute Gasteiger partial charge is 0.406 e. The first-order valence-corrected chi connectivity index (χ1v) is 6.34. The average Bonchev–Trinajstić information content (AvgIpc) is 2.94. The van der Waals surface area contributed by atoms with Gasteiger partial charge in [-0.05, 0) is 11.4 Å². The number of amides is 1. The van der Waals surface area contributed by atoms with E-state index in [2.05, 4.69) is 15.5 Å². The zero-order valence-corrected chi connectivity index (χ0v) is 11.4. The molecule has 0 aliphatic carbocycles. The Hall–Kier alpha value is -1.60. The Labute approximate surface area is 113 Å². The van der Waals surface area contributed by atoms with Crippen LogP contribution in [-0.4, -0.2) is 30.2 Å². The molecule has 0 saturated heterocycles. The molecule has 1 amide bonds. The molecule has 2 aromatic rings. The molecule has 2 rings (SSSR count). The third kappa shape index (κ3) is 2.80. The fourth-order valence-corrected chi connectivity index (χ4v) is 2.25. The Morgan fingerprint density at radius 3 is 2.89 bits per heavy atom. The summed E-state index contributed by atoms with van der Waals surface area (Å²) in [6.45, 7) is 0.175. The highest BCUT2D eigenvalue weighted by Crippen LogP contribution is 2.21. The van der Waals surface area contributed by atoms with E-state index in [9.17, 15) is 4.79 Å². The number of halogens is 1. The third-order valence-electron chi connectivity index (χ3n) is 2.06. The van der Waals surface area contributed by atoms with Crippen molar-refractivity contribution in [3.8, 4) is 0 Å². The summed E-state index contributed by atoms with van der Waals surface area (Å²) in [5, 5.41) is 12.5. The minimum absolute atomic E-state index is 0.175. The van der Waals surface area contributed by atoms with Crippen LogP contribution >= 0.6 is 22.9 Å². The fraction of sp³-hybridized carbons (Fsp3) is 0.300. The molecule has 0 saturated carbocycles. The van der Waals surface area contributed by atoms with Crippen LogP contribution in [0.2, 0.25) is 5.02 Å². The molecule has 2 aromatic heterocycles. The van der Waals surface area contributed by atoms with Gasteiger partial charge >= 0.3 is 6.01 Å². The second-order valence-corrected chi connectivity index (χ2v) is 4.98. The standard InChI is InChI=1S/C10H11ClN4O2S/c1-15(2)10-14-13-7(17-10)5-12-9(16)8-6(11)3-4-18-8/h3-4H,5H2,1-2H3,(H,12,16). The summed E-state index contributed by atoms with van der Waals surface area (Å²) >= 11 is 7.14. The van der Waals surface area contributed by atoms with Crippen LogP contribution in [0, 0.1) is 0 Å². The van der Waals surface area contributed by atoms with Gasteiger partial charge < -0.3 is 14.6 Å². The lowest BCUT2D eigenvalue weighted by molar-refractivity contribution is 0.0951. The summed E-state index contributed by atoms with van der Waals surface area (Å²) in [6, 6.07) is 2.08. The molecule has 0 aliphatic heterocycles. The summed E-state index contributed by atoms with van der Waals surface area (Å²) in [4.78, 5) is 13.9. The molecule has 8 heteroatoms. The summed E-state index contributed by atoms with van der Waals surface area (Å²) in [5.74, 6) is 0.0966. The van der Waals surface area contributed by atoms with Crippen molar-refractivity contribution in [2.24, 2.45) is 0 Å². The monoisotopic (exact) mass is 286 g/mol. The minimum atomic E-state index is -0.250. The second-order valence-electron chi connectivity index (χ2n) is 3.65. The molecule has 0 bridgehead atoms. The van der Waals surface area contributed by atoms with Gasteiger partial charge in [-0.25, -0.2) is 0 Å². The van der Waals surface area contributed by atoms with Crippen LogP contribution in [0.4, 0.5) is 6.01 Å². The molecule has 6 nitrogen and oxygen atoms in total. The van der Waals surface area contributed by atoms with Gasteiger partial charge in [0.05, 0.1) is 11.6 Å². The summed E-state index contributed by atoms with van der Waals surface area (Å²) in [6.07, 6.45) is 0. The van der Waals surface area contributed by atoms with Crippen LogP contribution in [0.25, 0.3) is 0 Å². The molecule has 0 aliphatic rings. The zero-order valence-electron chi connectivity index (χ0n) is 9.81. The first kappa shape index (κ1) is 12.8. The highest BCUT2D eigenvalue weighted by atomic mass is 35.5. The Morgan fingerprint density at radius 2 is 2.33 bits per heavy atom. The van der Waals surface area contributed by atoms with Crippen LogP contribution in [0.5, 0.6) is 0 Å². The number of nitrogens with one attached hydrogen (secondary N) is 1. The predicted octanol–water partition coefficient (Wildman–Crippen LogP) is 1.78. The molecule has 0 fully saturated rings. The molecule has 0 aromatic carbocycles. The van der Waals surface area contributed by atoms with Crippen LogP contribution in [0.1, 0.15) is 15.6 Å². The number of carbonyl (C=O) groups is 1. The molecule has 2 heterocycles. The van der Waals surface area contributed by atoms with E-state index in [0.717, 1.165) is 0 Å². The number of anilines is 1. The van der Waals surface area contributed by atoms with E-state index in [1.165, 1.54) is 11.3 Å². The van der Waals surface area contributed by atoms with E-state index >= 15 is 0 Å². The van der Waals surface area contributed by atoms with Gasteiger partial charge in [0, 0.05) is 14.1 Å². The Morgan fingerprint density at radius 1 is 1.56 bits per heavy atom. The molecule has 1 N–H and O–H groups in total. The summed E-state index contributed by atoms with van der Waals surface area (Å²) < 4.78 is 5.30. The van der Waals surface area contributed by atoms with Crippen molar-refractivity contribution in [3.05, 3.63) is 27.2 Å². The number of carbonyl (C=O) groups excluding carboxylic acids is 1. The quantitative estimate of drug-likeness (QED) is 0.928. The van der Waals surface area contributed by atoms with Gasteiger partial charge in [-0.1, -0.05) is 16.7 Å². The number of nitrogens with zero attached hydrogens (tertiary/aromatic N) is 3. The van der Waals surface area contributed by atoms with Crippen LogP contribution < -0.4 is 10.2 Å². The molecule has 0 spiro atoms. The molecule has 0 unspecified atom stereocenters. The van der Waals surface area contributed by atoms with Crippen LogP contribution in [-0.2, 0) is 6.54 Å². The number of hydrogen-bond acceptors (Lipinski definition) is 6. The third-order valence-corrected chi connectivity index (χ3v) is 3.40.